The van der Waals surface area contributed by atoms with Crippen LogP contribution in [0.2, 0.25) is 0 Å². The second-order valence-corrected chi connectivity index (χ2v) is 10.8. The first-order valence-electron chi connectivity index (χ1n) is 11.5. The predicted molar refractivity (Wildman–Crippen MR) is 109 cm³/mol. The lowest BCUT2D eigenvalue weighted by Crippen LogP contribution is -2.62. The number of hydrogen-bond donors (Lipinski definition) is 3. The lowest BCUT2D eigenvalue weighted by atomic mass is 9.43. The molecule has 0 aromatic heterocycles. The zero-order chi connectivity index (χ0) is 20.3. The Kier molecular flexibility index (Phi) is 4.98. The molecule has 4 aliphatic carbocycles. The van der Waals surface area contributed by atoms with Gasteiger partial charge in [-0.15, -0.1) is 0 Å². The van der Waals surface area contributed by atoms with Gasteiger partial charge in [-0.05, 0) is 93.3 Å². The molecule has 0 heterocycles. The van der Waals surface area contributed by atoms with Gasteiger partial charge >= 0.3 is 5.97 Å². The second-order valence-electron chi connectivity index (χ2n) is 10.8. The number of fused-ring (bicyclic) bond motifs is 5. The lowest BCUT2D eigenvalue weighted by Gasteiger charge is -2.63. The number of hydrogen-bond acceptors (Lipinski definition) is 3. The molecule has 4 nitrogen and oxygen atoms in total. The Morgan fingerprint density at radius 2 is 1.79 bits per heavy atom. The van der Waals surface area contributed by atoms with Crippen LogP contribution in [0.5, 0.6) is 0 Å². The monoisotopic (exact) mass is 390 g/mol. The molecule has 4 saturated carbocycles. The minimum absolute atomic E-state index is 0.143. The molecule has 0 radical (unpaired) electrons. The van der Waals surface area contributed by atoms with Crippen molar-refractivity contribution in [3.8, 4) is 0 Å². The fourth-order valence-corrected chi connectivity index (χ4v) is 8.09. The largest absolute Gasteiger partial charge is 0.478 e. The molecule has 4 aliphatic rings. The van der Waals surface area contributed by atoms with Gasteiger partial charge in [0.05, 0.1) is 11.7 Å². The quantitative estimate of drug-likeness (QED) is 0.618. The smallest absolute Gasteiger partial charge is 0.331 e. The topological polar surface area (TPSA) is 77.8 Å². The van der Waals surface area contributed by atoms with Crippen LogP contribution in [-0.2, 0) is 4.79 Å². The van der Waals surface area contributed by atoms with Crippen molar-refractivity contribution in [3.63, 3.8) is 0 Å². The van der Waals surface area contributed by atoms with Crippen LogP contribution >= 0.6 is 0 Å². The Bertz CT molecular complexity index is 672. The molecule has 0 saturated heterocycles. The Morgan fingerprint density at radius 1 is 1.04 bits per heavy atom. The number of carboxylic acids is 1. The molecule has 0 aromatic carbocycles. The molecule has 8 atom stereocenters. The van der Waals surface area contributed by atoms with E-state index >= 15 is 0 Å². The maximum absolute atomic E-state index is 12.1. The van der Waals surface area contributed by atoms with Crippen molar-refractivity contribution in [2.24, 2.45) is 34.5 Å². The molecule has 0 aromatic rings. The molecule has 28 heavy (non-hydrogen) atoms. The van der Waals surface area contributed by atoms with E-state index < -0.39 is 11.6 Å². The van der Waals surface area contributed by atoms with Gasteiger partial charge in [0, 0.05) is 11.0 Å². The third-order valence-corrected chi connectivity index (χ3v) is 9.95. The number of rotatable bonds is 3. The van der Waals surface area contributed by atoms with Crippen molar-refractivity contribution in [2.75, 3.05) is 0 Å². The molecule has 158 valence electrons. The predicted octanol–water partition coefficient (Wildman–Crippen LogP) is 4.54. The SMILES string of the molecule is CC/C(=C\[C@H]1CC[C@]2(O)[C@@H]3CC[C@@H]4C[C@H](O)CC[C@]4(C)[C@H]3CC[C@]12C)C(=O)O. The second kappa shape index (κ2) is 6.84. The van der Waals surface area contributed by atoms with Crippen molar-refractivity contribution < 1.29 is 20.1 Å². The van der Waals surface area contributed by atoms with Gasteiger partial charge in [-0.2, -0.15) is 0 Å². The van der Waals surface area contributed by atoms with Crippen LogP contribution in [-0.4, -0.2) is 33.0 Å². The number of aliphatic hydroxyl groups is 2. The van der Waals surface area contributed by atoms with Gasteiger partial charge in [0.2, 0.25) is 0 Å². The highest BCUT2D eigenvalue weighted by Crippen LogP contribution is 2.69. The maximum atomic E-state index is 12.1. The number of aliphatic carboxylic acids is 1. The fourth-order valence-electron chi connectivity index (χ4n) is 8.09. The highest BCUT2D eigenvalue weighted by atomic mass is 16.4. The van der Waals surface area contributed by atoms with E-state index in [-0.39, 0.29) is 22.9 Å². The van der Waals surface area contributed by atoms with Gasteiger partial charge < -0.3 is 15.3 Å². The normalized spacial score (nSPS) is 51.2. The molecule has 4 heteroatoms. The van der Waals surface area contributed by atoms with E-state index in [1.54, 1.807) is 0 Å². The third kappa shape index (κ3) is 2.74. The first-order valence-corrected chi connectivity index (χ1v) is 11.5. The third-order valence-electron chi connectivity index (χ3n) is 9.95. The summed E-state index contributed by atoms with van der Waals surface area (Å²) in [5, 5.41) is 31.8. The van der Waals surface area contributed by atoms with Crippen molar-refractivity contribution in [1.29, 1.82) is 0 Å². The van der Waals surface area contributed by atoms with Crippen LogP contribution in [0.1, 0.15) is 85.0 Å². The summed E-state index contributed by atoms with van der Waals surface area (Å²) in [5.74, 6) is 0.772. The summed E-state index contributed by atoms with van der Waals surface area (Å²) in [6.45, 7) is 6.56. The summed E-state index contributed by atoms with van der Waals surface area (Å²) in [5.41, 5.74) is -0.169. The summed E-state index contributed by atoms with van der Waals surface area (Å²) >= 11 is 0. The summed E-state index contributed by atoms with van der Waals surface area (Å²) < 4.78 is 0. The highest BCUT2D eigenvalue weighted by molar-refractivity contribution is 5.86. The van der Waals surface area contributed by atoms with Crippen molar-refractivity contribution in [3.05, 3.63) is 11.6 Å². The van der Waals surface area contributed by atoms with Crippen LogP contribution in [0.25, 0.3) is 0 Å². The molecule has 3 N–H and O–H groups in total. The van der Waals surface area contributed by atoms with Crippen molar-refractivity contribution >= 4 is 5.97 Å². The van der Waals surface area contributed by atoms with Gasteiger partial charge in [-0.25, -0.2) is 4.79 Å². The Balaban J connectivity index is 1.64. The minimum Gasteiger partial charge on any atom is -0.478 e. The van der Waals surface area contributed by atoms with Crippen molar-refractivity contribution in [2.45, 2.75) is 96.7 Å². The van der Waals surface area contributed by atoms with E-state index in [1.165, 1.54) is 0 Å². The first-order chi connectivity index (χ1) is 13.2. The van der Waals surface area contributed by atoms with Crippen LogP contribution in [0.4, 0.5) is 0 Å². The van der Waals surface area contributed by atoms with E-state index in [1.807, 2.05) is 13.0 Å². The van der Waals surface area contributed by atoms with Gasteiger partial charge in [0.1, 0.15) is 0 Å². The summed E-state index contributed by atoms with van der Waals surface area (Å²) in [6, 6.07) is 0. The van der Waals surface area contributed by atoms with Gasteiger partial charge in [0.15, 0.2) is 0 Å². The zero-order valence-corrected chi connectivity index (χ0v) is 17.8. The number of aliphatic hydroxyl groups excluding tert-OH is 1. The summed E-state index contributed by atoms with van der Waals surface area (Å²) in [7, 11) is 0. The van der Waals surface area contributed by atoms with E-state index in [4.69, 9.17) is 0 Å². The number of allylic oxidation sites excluding steroid dienone is 1. The Labute approximate surface area is 169 Å². The Morgan fingerprint density at radius 3 is 2.46 bits per heavy atom. The summed E-state index contributed by atoms with van der Waals surface area (Å²) in [4.78, 5) is 11.6. The number of carboxylic acid groups (broad SMARTS) is 1. The summed E-state index contributed by atoms with van der Waals surface area (Å²) in [6.07, 6.45) is 11.2. The molecule has 0 bridgehead atoms. The minimum atomic E-state index is -0.816. The van der Waals surface area contributed by atoms with Crippen LogP contribution < -0.4 is 0 Å². The molecule has 0 amide bonds. The van der Waals surface area contributed by atoms with Gasteiger partial charge in [0.25, 0.3) is 0 Å². The molecule has 4 fully saturated rings. The zero-order valence-electron chi connectivity index (χ0n) is 17.8. The Hall–Kier alpha value is -0.870. The fraction of sp³-hybridized carbons (Fsp3) is 0.875. The molecule has 0 aliphatic heterocycles. The standard InChI is InChI=1S/C24H38O4/c1-4-15(21(26)27)13-17-7-12-24(28)20-6-5-16-14-18(25)8-10-22(16,2)19(20)9-11-23(17,24)3/h13,16-20,25,28H,4-12,14H2,1-3H3,(H,26,27)/b15-13+/t16-,17-,18-,19+,20-,22+,23-,24+/m1/s1. The number of carbonyl (C=O) groups is 1. The van der Waals surface area contributed by atoms with Crippen LogP contribution in [0.15, 0.2) is 11.6 Å². The molecule has 0 unspecified atom stereocenters. The van der Waals surface area contributed by atoms with E-state index in [0.717, 1.165) is 57.8 Å². The van der Waals surface area contributed by atoms with Crippen molar-refractivity contribution in [1.82, 2.24) is 0 Å². The van der Waals surface area contributed by atoms with Crippen LogP contribution in [0.3, 0.4) is 0 Å². The van der Waals surface area contributed by atoms with Gasteiger partial charge in [-0.3, -0.25) is 0 Å². The highest BCUT2D eigenvalue weighted by Gasteiger charge is 2.66. The van der Waals surface area contributed by atoms with Gasteiger partial charge in [-0.1, -0.05) is 26.8 Å². The molecular weight excluding hydrogens is 352 g/mol. The van der Waals surface area contributed by atoms with E-state index in [9.17, 15) is 20.1 Å². The van der Waals surface area contributed by atoms with E-state index in [2.05, 4.69) is 13.8 Å². The lowest BCUT2D eigenvalue weighted by molar-refractivity contribution is -0.207. The van der Waals surface area contributed by atoms with E-state index in [0.29, 0.717) is 29.7 Å². The first kappa shape index (κ1) is 20.4. The van der Waals surface area contributed by atoms with Crippen LogP contribution in [0, 0.1) is 34.5 Å². The molecule has 4 rings (SSSR count). The maximum Gasteiger partial charge on any atom is 0.331 e. The molecular formula is C24H38O4. The molecule has 0 spiro atoms. The average molecular weight is 391 g/mol. The average Bonchev–Trinajstić information content (AvgIpc) is 2.91.